The molecule has 0 aliphatic carbocycles. The SMILES string of the molecule is COCC(Nc1cccc(C(F)(F)F)c1)C(=O)O. The van der Waals surface area contributed by atoms with E-state index in [0.717, 1.165) is 12.1 Å². The Morgan fingerprint density at radius 1 is 1.50 bits per heavy atom. The number of methoxy groups -OCH3 is 1. The Bertz CT molecular complexity index is 420. The first kappa shape index (κ1) is 14.3. The minimum atomic E-state index is -4.46. The molecule has 2 N–H and O–H groups in total. The third kappa shape index (κ3) is 3.92. The molecule has 7 heteroatoms. The number of carboxylic acids is 1. The molecule has 1 aromatic carbocycles. The number of ether oxygens (including phenoxy) is 1. The van der Waals surface area contributed by atoms with Crippen LogP contribution in [0.3, 0.4) is 0 Å². The first-order valence-corrected chi connectivity index (χ1v) is 5.00. The monoisotopic (exact) mass is 263 g/mol. The maximum Gasteiger partial charge on any atom is 0.416 e. The smallest absolute Gasteiger partial charge is 0.416 e. The number of carboxylic acid groups (broad SMARTS) is 1. The van der Waals surface area contributed by atoms with Crippen molar-refractivity contribution in [2.24, 2.45) is 0 Å². The van der Waals surface area contributed by atoms with E-state index >= 15 is 0 Å². The fraction of sp³-hybridized carbons (Fsp3) is 0.364. The fourth-order valence-electron chi connectivity index (χ4n) is 1.33. The number of hydrogen-bond acceptors (Lipinski definition) is 3. The van der Waals surface area contributed by atoms with Gasteiger partial charge in [-0.05, 0) is 18.2 Å². The number of hydrogen-bond donors (Lipinski definition) is 2. The summed E-state index contributed by atoms with van der Waals surface area (Å²) in [7, 11) is 1.31. The van der Waals surface area contributed by atoms with Crippen LogP contribution in [0.25, 0.3) is 0 Å². The highest BCUT2D eigenvalue weighted by Gasteiger charge is 2.30. The summed E-state index contributed by atoms with van der Waals surface area (Å²) in [6.07, 6.45) is -4.46. The predicted molar refractivity (Wildman–Crippen MR) is 58.4 cm³/mol. The Balaban J connectivity index is 2.87. The van der Waals surface area contributed by atoms with Gasteiger partial charge in [0.15, 0.2) is 0 Å². The van der Waals surface area contributed by atoms with Crippen LogP contribution in [-0.2, 0) is 15.7 Å². The first-order valence-electron chi connectivity index (χ1n) is 5.00. The average Bonchev–Trinajstić information content (AvgIpc) is 2.27. The third-order valence-corrected chi connectivity index (χ3v) is 2.16. The Morgan fingerprint density at radius 2 is 2.17 bits per heavy atom. The van der Waals surface area contributed by atoms with Gasteiger partial charge < -0.3 is 15.2 Å². The average molecular weight is 263 g/mol. The zero-order valence-electron chi connectivity index (χ0n) is 9.49. The van der Waals surface area contributed by atoms with Gasteiger partial charge in [0.1, 0.15) is 6.04 Å². The molecule has 0 heterocycles. The van der Waals surface area contributed by atoms with Crippen molar-refractivity contribution in [3.8, 4) is 0 Å². The van der Waals surface area contributed by atoms with Crippen LogP contribution in [-0.4, -0.2) is 30.8 Å². The Hall–Kier alpha value is -1.76. The summed E-state index contributed by atoms with van der Waals surface area (Å²) in [6.45, 7) is -0.147. The van der Waals surface area contributed by atoms with Crippen LogP contribution in [0.2, 0.25) is 0 Å². The van der Waals surface area contributed by atoms with E-state index < -0.39 is 23.8 Å². The number of carbonyl (C=O) groups is 1. The van der Waals surface area contributed by atoms with Crippen molar-refractivity contribution < 1.29 is 27.8 Å². The van der Waals surface area contributed by atoms with Crippen LogP contribution in [0.5, 0.6) is 0 Å². The second-order valence-corrected chi connectivity index (χ2v) is 3.57. The maximum absolute atomic E-state index is 12.4. The molecule has 1 rings (SSSR count). The highest BCUT2D eigenvalue weighted by molar-refractivity contribution is 5.77. The first-order chi connectivity index (χ1) is 8.34. The second-order valence-electron chi connectivity index (χ2n) is 3.57. The van der Waals surface area contributed by atoms with Gasteiger partial charge in [0.05, 0.1) is 12.2 Å². The van der Waals surface area contributed by atoms with Crippen LogP contribution in [0, 0.1) is 0 Å². The lowest BCUT2D eigenvalue weighted by Gasteiger charge is -2.16. The summed E-state index contributed by atoms with van der Waals surface area (Å²) < 4.78 is 42.0. The Kier molecular flexibility index (Phi) is 4.55. The minimum Gasteiger partial charge on any atom is -0.480 e. The van der Waals surface area contributed by atoms with Gasteiger partial charge in [-0.25, -0.2) is 4.79 Å². The summed E-state index contributed by atoms with van der Waals surface area (Å²) in [4.78, 5) is 10.8. The quantitative estimate of drug-likeness (QED) is 0.855. The van der Waals surface area contributed by atoms with Gasteiger partial charge in [0.25, 0.3) is 0 Å². The molecule has 0 saturated carbocycles. The van der Waals surface area contributed by atoms with Gasteiger partial charge in [-0.2, -0.15) is 13.2 Å². The summed E-state index contributed by atoms with van der Waals surface area (Å²) in [5.74, 6) is -1.20. The molecule has 1 aromatic rings. The van der Waals surface area contributed by atoms with Crippen molar-refractivity contribution in [1.29, 1.82) is 0 Å². The highest BCUT2D eigenvalue weighted by atomic mass is 19.4. The largest absolute Gasteiger partial charge is 0.480 e. The van der Waals surface area contributed by atoms with Gasteiger partial charge in [-0.3, -0.25) is 0 Å². The van der Waals surface area contributed by atoms with E-state index in [1.165, 1.54) is 19.2 Å². The Morgan fingerprint density at radius 3 is 2.67 bits per heavy atom. The van der Waals surface area contributed by atoms with E-state index in [0.29, 0.717) is 0 Å². The molecule has 0 aliphatic heterocycles. The molecule has 0 aliphatic rings. The zero-order chi connectivity index (χ0) is 13.8. The van der Waals surface area contributed by atoms with Crippen molar-refractivity contribution in [3.05, 3.63) is 29.8 Å². The highest BCUT2D eigenvalue weighted by Crippen LogP contribution is 2.30. The summed E-state index contributed by atoms with van der Waals surface area (Å²) >= 11 is 0. The van der Waals surface area contributed by atoms with Gasteiger partial charge >= 0.3 is 12.1 Å². The number of alkyl halides is 3. The number of halogens is 3. The van der Waals surface area contributed by atoms with E-state index in [9.17, 15) is 18.0 Å². The van der Waals surface area contributed by atoms with E-state index in [2.05, 4.69) is 10.1 Å². The van der Waals surface area contributed by atoms with Gasteiger partial charge in [-0.1, -0.05) is 6.07 Å². The van der Waals surface area contributed by atoms with E-state index in [-0.39, 0.29) is 12.3 Å². The molecule has 0 spiro atoms. The topological polar surface area (TPSA) is 58.6 Å². The third-order valence-electron chi connectivity index (χ3n) is 2.16. The molecule has 100 valence electrons. The number of benzene rings is 1. The number of aliphatic carboxylic acids is 1. The molecule has 0 aromatic heterocycles. The normalized spacial score (nSPS) is 13.1. The van der Waals surface area contributed by atoms with E-state index in [1.807, 2.05) is 0 Å². The molecular weight excluding hydrogens is 251 g/mol. The van der Waals surface area contributed by atoms with E-state index in [1.54, 1.807) is 0 Å². The number of anilines is 1. The lowest BCUT2D eigenvalue weighted by molar-refractivity contribution is -0.139. The molecule has 0 amide bonds. The molecule has 0 saturated heterocycles. The lowest BCUT2D eigenvalue weighted by Crippen LogP contribution is -2.33. The van der Waals surface area contributed by atoms with Crippen LogP contribution in [0.1, 0.15) is 5.56 Å². The van der Waals surface area contributed by atoms with Gasteiger partial charge in [0, 0.05) is 12.8 Å². The lowest BCUT2D eigenvalue weighted by atomic mass is 10.2. The second kappa shape index (κ2) is 5.72. The van der Waals surface area contributed by atoms with E-state index in [4.69, 9.17) is 5.11 Å². The Labute approximate surface area is 101 Å². The fourth-order valence-corrected chi connectivity index (χ4v) is 1.33. The molecule has 1 atom stereocenters. The molecule has 0 fully saturated rings. The van der Waals surface area contributed by atoms with Crippen LogP contribution in [0.4, 0.5) is 18.9 Å². The molecule has 4 nitrogen and oxygen atoms in total. The molecular formula is C11H12F3NO3. The van der Waals surface area contributed by atoms with Crippen molar-refractivity contribution in [2.75, 3.05) is 19.0 Å². The molecule has 0 radical (unpaired) electrons. The number of rotatable bonds is 5. The van der Waals surface area contributed by atoms with Gasteiger partial charge in [-0.15, -0.1) is 0 Å². The van der Waals surface area contributed by atoms with Crippen LogP contribution in [0.15, 0.2) is 24.3 Å². The molecule has 1 unspecified atom stereocenters. The van der Waals surface area contributed by atoms with Gasteiger partial charge in [0.2, 0.25) is 0 Å². The van der Waals surface area contributed by atoms with Crippen molar-refractivity contribution >= 4 is 11.7 Å². The predicted octanol–water partition coefficient (Wildman–Crippen LogP) is 2.22. The number of nitrogens with one attached hydrogen (secondary N) is 1. The summed E-state index contributed by atoms with van der Waals surface area (Å²) in [6, 6.07) is 3.24. The molecule has 18 heavy (non-hydrogen) atoms. The van der Waals surface area contributed by atoms with Crippen molar-refractivity contribution in [1.82, 2.24) is 0 Å². The summed E-state index contributed by atoms with van der Waals surface area (Å²) in [5, 5.41) is 11.3. The maximum atomic E-state index is 12.4. The zero-order valence-corrected chi connectivity index (χ0v) is 9.49. The van der Waals surface area contributed by atoms with Crippen molar-refractivity contribution in [2.45, 2.75) is 12.2 Å². The van der Waals surface area contributed by atoms with Crippen LogP contribution < -0.4 is 5.32 Å². The van der Waals surface area contributed by atoms with Crippen LogP contribution >= 0.6 is 0 Å². The molecule has 0 bridgehead atoms. The van der Waals surface area contributed by atoms with Crippen molar-refractivity contribution in [3.63, 3.8) is 0 Å². The minimum absolute atomic E-state index is 0.0780. The summed E-state index contributed by atoms with van der Waals surface area (Å²) in [5.41, 5.74) is -0.761. The standard InChI is InChI=1S/C11H12F3NO3/c1-18-6-9(10(16)17)15-8-4-2-3-7(5-8)11(12,13)14/h2-5,9,15H,6H2,1H3,(H,16,17).